The van der Waals surface area contributed by atoms with Crippen LogP contribution in [-0.4, -0.2) is 50.9 Å². The van der Waals surface area contributed by atoms with Crippen molar-refractivity contribution < 1.29 is 19.7 Å². The predicted molar refractivity (Wildman–Crippen MR) is 144 cm³/mol. The zero-order chi connectivity index (χ0) is 25.8. The Morgan fingerprint density at radius 2 is 1.86 bits per heavy atom. The summed E-state index contributed by atoms with van der Waals surface area (Å²) in [4.78, 5) is 17.4. The molecular formula is C29H36N2O4S. The molecule has 1 amide bonds. The Bertz CT molecular complexity index is 1280. The molecule has 5 rings (SSSR count). The normalized spacial score (nSPS) is 17.5. The van der Waals surface area contributed by atoms with Gasteiger partial charge in [0.15, 0.2) is 0 Å². The number of carbonyl (C=O) groups excluding carboxylic acids is 1. The third kappa shape index (κ3) is 4.07. The van der Waals surface area contributed by atoms with Crippen molar-refractivity contribution in [2.45, 2.75) is 77.7 Å². The number of rotatable bonds is 4. The lowest BCUT2D eigenvalue weighted by Crippen LogP contribution is -2.47. The second-order valence-corrected chi connectivity index (χ2v) is 11.9. The molecule has 0 saturated heterocycles. The van der Waals surface area contributed by atoms with Crippen molar-refractivity contribution in [3.63, 3.8) is 0 Å². The van der Waals surface area contributed by atoms with Gasteiger partial charge in [0, 0.05) is 40.2 Å². The molecule has 7 heteroatoms. The molecule has 0 radical (unpaired) electrons. The lowest BCUT2D eigenvalue weighted by atomic mass is 9.90. The molecule has 0 aliphatic carbocycles. The molecular weight excluding hydrogens is 472 g/mol. The largest absolute Gasteiger partial charge is 0.496 e. The molecule has 192 valence electrons. The molecule has 0 spiro atoms. The Morgan fingerprint density at radius 1 is 1.08 bits per heavy atom. The third-order valence-electron chi connectivity index (χ3n) is 7.54. The minimum absolute atomic E-state index is 0.0995. The van der Waals surface area contributed by atoms with Gasteiger partial charge in [0.2, 0.25) is 0 Å². The van der Waals surface area contributed by atoms with Crippen LogP contribution in [0.2, 0.25) is 0 Å². The number of methoxy groups -OCH3 is 1. The first-order valence-electron chi connectivity index (χ1n) is 12.8. The molecule has 36 heavy (non-hydrogen) atoms. The second-order valence-electron chi connectivity index (χ2n) is 11.0. The molecule has 2 N–H and O–H groups in total. The van der Waals surface area contributed by atoms with Crippen molar-refractivity contribution in [1.29, 1.82) is 0 Å². The topological polar surface area (TPSA) is 74.9 Å². The quantitative estimate of drug-likeness (QED) is 0.492. The Kier molecular flexibility index (Phi) is 6.52. The van der Waals surface area contributed by atoms with Crippen LogP contribution in [0.1, 0.15) is 73.8 Å². The fourth-order valence-electron chi connectivity index (χ4n) is 5.76. The fraction of sp³-hybridized carbons (Fsp3) is 0.483. The van der Waals surface area contributed by atoms with Crippen LogP contribution in [-0.2, 0) is 19.4 Å². The van der Waals surface area contributed by atoms with Gasteiger partial charge in [-0.1, -0.05) is 6.07 Å². The monoisotopic (exact) mass is 508 g/mol. The zero-order valence-corrected chi connectivity index (χ0v) is 22.6. The number of aromatic nitrogens is 1. The summed E-state index contributed by atoms with van der Waals surface area (Å²) in [6.45, 7) is 9.37. The van der Waals surface area contributed by atoms with E-state index in [1.54, 1.807) is 25.4 Å². The predicted octanol–water partition coefficient (Wildman–Crippen LogP) is 5.44. The van der Waals surface area contributed by atoms with Crippen molar-refractivity contribution in [2.75, 3.05) is 13.7 Å². The average molecular weight is 509 g/mol. The van der Waals surface area contributed by atoms with E-state index >= 15 is 0 Å². The van der Waals surface area contributed by atoms with Gasteiger partial charge in [-0.05, 0) is 88.1 Å². The number of hydrogen-bond donors (Lipinski definition) is 2. The summed E-state index contributed by atoms with van der Waals surface area (Å²) in [5.74, 6) is 0.677. The van der Waals surface area contributed by atoms with Gasteiger partial charge < -0.3 is 24.4 Å². The van der Waals surface area contributed by atoms with Crippen LogP contribution in [0.5, 0.6) is 5.75 Å². The number of benzene rings is 1. The van der Waals surface area contributed by atoms with E-state index in [9.17, 15) is 15.0 Å². The Hall–Kier alpha value is -2.61. The second kappa shape index (κ2) is 9.36. The standard InChI is InChI=1S/C29H36N2O4S/c1-17(32)27(33)21-16-20-18(15-22(21)35-5)11-13-30-25(20)24(23-10-8-14-36-23)19-9-6-7-12-31(29(2,3)4)28(34)26(19)30/h8,10,14-17,27,32-33H,6-7,9,11-13H2,1-5H3/t17-,27+/m0/s1. The van der Waals surface area contributed by atoms with E-state index in [0.29, 0.717) is 17.9 Å². The molecule has 6 nitrogen and oxygen atoms in total. The first kappa shape index (κ1) is 25.1. The number of aryl methyl sites for hydroxylation is 1. The molecule has 0 saturated carbocycles. The highest BCUT2D eigenvalue weighted by Gasteiger charge is 2.38. The third-order valence-corrected chi connectivity index (χ3v) is 8.43. The van der Waals surface area contributed by atoms with Crippen LogP contribution in [0.25, 0.3) is 21.7 Å². The van der Waals surface area contributed by atoms with Gasteiger partial charge in [0.05, 0.1) is 18.9 Å². The van der Waals surface area contributed by atoms with E-state index in [4.69, 9.17) is 4.74 Å². The van der Waals surface area contributed by atoms with E-state index in [2.05, 4.69) is 42.9 Å². The molecule has 2 aromatic heterocycles. The first-order chi connectivity index (χ1) is 17.1. The molecule has 3 aromatic rings. The molecule has 4 heterocycles. The number of carbonyl (C=O) groups is 1. The van der Waals surface area contributed by atoms with Crippen molar-refractivity contribution in [1.82, 2.24) is 9.47 Å². The highest BCUT2D eigenvalue weighted by Crippen LogP contribution is 2.48. The van der Waals surface area contributed by atoms with Crippen LogP contribution < -0.4 is 4.74 Å². The Balaban J connectivity index is 1.82. The maximum atomic E-state index is 14.2. The molecule has 2 atom stereocenters. The Labute approximate surface area is 217 Å². The van der Waals surface area contributed by atoms with Crippen molar-refractivity contribution >= 4 is 17.2 Å². The first-order valence-corrected chi connectivity index (χ1v) is 13.7. The van der Waals surface area contributed by atoms with Gasteiger partial charge in [-0.3, -0.25) is 4.79 Å². The number of ether oxygens (including phenoxy) is 1. The molecule has 0 fully saturated rings. The molecule has 2 aliphatic rings. The van der Waals surface area contributed by atoms with Crippen LogP contribution in [0.15, 0.2) is 29.6 Å². The Morgan fingerprint density at radius 3 is 2.50 bits per heavy atom. The SMILES string of the molecule is COc1cc2c(cc1[C@H](O)[C@H](C)O)-c1c(-c3cccs3)c3c(n1CC2)C(=O)N(C(C)(C)C)CCCC3. The molecule has 0 bridgehead atoms. The van der Waals surface area contributed by atoms with Crippen molar-refractivity contribution in [3.8, 4) is 27.4 Å². The summed E-state index contributed by atoms with van der Waals surface area (Å²) in [6.07, 6.45) is 1.62. The van der Waals surface area contributed by atoms with Gasteiger partial charge in [-0.25, -0.2) is 0 Å². The fourth-order valence-corrected chi connectivity index (χ4v) is 6.55. The minimum atomic E-state index is -1.07. The molecule has 0 unspecified atom stereocenters. The number of aliphatic hydroxyl groups is 2. The maximum absolute atomic E-state index is 14.2. The summed E-state index contributed by atoms with van der Waals surface area (Å²) >= 11 is 1.69. The van der Waals surface area contributed by atoms with E-state index in [1.165, 1.54) is 0 Å². The van der Waals surface area contributed by atoms with E-state index < -0.39 is 12.2 Å². The lowest BCUT2D eigenvalue weighted by Gasteiger charge is -2.37. The van der Waals surface area contributed by atoms with Crippen LogP contribution in [0, 0.1) is 0 Å². The summed E-state index contributed by atoms with van der Waals surface area (Å²) < 4.78 is 7.85. The average Bonchev–Trinajstić information content (AvgIpc) is 3.45. The highest BCUT2D eigenvalue weighted by molar-refractivity contribution is 7.13. The van der Waals surface area contributed by atoms with E-state index in [-0.39, 0.29) is 11.4 Å². The molecule has 2 aliphatic heterocycles. The number of thiophene rings is 1. The maximum Gasteiger partial charge on any atom is 0.271 e. The van der Waals surface area contributed by atoms with Crippen LogP contribution in [0.4, 0.5) is 0 Å². The summed E-state index contributed by atoms with van der Waals surface area (Å²) in [5.41, 5.74) is 6.53. The highest BCUT2D eigenvalue weighted by atomic mass is 32.1. The van der Waals surface area contributed by atoms with Crippen molar-refractivity contribution in [3.05, 3.63) is 52.0 Å². The van der Waals surface area contributed by atoms with Gasteiger partial charge in [-0.15, -0.1) is 11.3 Å². The van der Waals surface area contributed by atoms with Gasteiger partial charge in [0.1, 0.15) is 17.5 Å². The van der Waals surface area contributed by atoms with E-state index in [1.807, 2.05) is 17.0 Å². The summed E-state index contributed by atoms with van der Waals surface area (Å²) in [5, 5.41) is 23.1. The van der Waals surface area contributed by atoms with Crippen LogP contribution in [0.3, 0.4) is 0 Å². The van der Waals surface area contributed by atoms with E-state index in [0.717, 1.165) is 70.7 Å². The van der Waals surface area contributed by atoms with Gasteiger partial charge in [-0.2, -0.15) is 0 Å². The summed E-state index contributed by atoms with van der Waals surface area (Å²) in [7, 11) is 1.59. The smallest absolute Gasteiger partial charge is 0.271 e. The number of nitrogens with zero attached hydrogens (tertiary/aromatic N) is 2. The summed E-state index contributed by atoms with van der Waals surface area (Å²) in [6, 6.07) is 8.15. The number of hydrogen-bond acceptors (Lipinski definition) is 5. The zero-order valence-electron chi connectivity index (χ0n) is 21.8. The van der Waals surface area contributed by atoms with Crippen molar-refractivity contribution in [2.24, 2.45) is 0 Å². The minimum Gasteiger partial charge on any atom is -0.496 e. The van der Waals surface area contributed by atoms with Crippen LogP contribution >= 0.6 is 11.3 Å². The van der Waals surface area contributed by atoms with Gasteiger partial charge >= 0.3 is 0 Å². The lowest BCUT2D eigenvalue weighted by molar-refractivity contribution is 0.0290. The van der Waals surface area contributed by atoms with Gasteiger partial charge in [0.25, 0.3) is 5.91 Å². The molecule has 1 aromatic carbocycles. The number of amides is 1. The number of aliphatic hydroxyl groups excluding tert-OH is 2. The number of fused-ring (bicyclic) bond motifs is 5.